The molecular formula is C20H22N2O2. The number of amides is 2. The molecule has 1 fully saturated rings. The molecule has 1 saturated carbocycles. The molecule has 1 unspecified atom stereocenters. The molecule has 0 bridgehead atoms. The highest BCUT2D eigenvalue weighted by molar-refractivity contribution is 5.98. The maximum absolute atomic E-state index is 12.5. The predicted octanol–water partition coefficient (Wildman–Crippen LogP) is 3.83. The number of hydrogen-bond acceptors (Lipinski definition) is 2. The fourth-order valence-corrected chi connectivity index (χ4v) is 2.76. The lowest BCUT2D eigenvalue weighted by molar-refractivity contribution is -0.117. The Balaban J connectivity index is 1.68. The van der Waals surface area contributed by atoms with Crippen molar-refractivity contribution in [3.63, 3.8) is 0 Å². The second kappa shape index (κ2) is 6.87. The van der Waals surface area contributed by atoms with Crippen molar-refractivity contribution in [1.82, 2.24) is 5.32 Å². The van der Waals surface area contributed by atoms with Gasteiger partial charge >= 0.3 is 0 Å². The van der Waals surface area contributed by atoms with Crippen LogP contribution in [-0.4, -0.2) is 11.8 Å². The van der Waals surface area contributed by atoms with Crippen LogP contribution in [0.25, 0.3) is 0 Å². The number of aryl methyl sites for hydroxylation is 1. The van der Waals surface area contributed by atoms with Crippen molar-refractivity contribution in [1.29, 1.82) is 0 Å². The van der Waals surface area contributed by atoms with E-state index in [0.29, 0.717) is 11.3 Å². The number of rotatable bonds is 5. The van der Waals surface area contributed by atoms with Crippen molar-refractivity contribution in [2.45, 2.75) is 32.7 Å². The van der Waals surface area contributed by atoms with Crippen LogP contribution < -0.4 is 10.6 Å². The zero-order valence-corrected chi connectivity index (χ0v) is 14.0. The van der Waals surface area contributed by atoms with Crippen molar-refractivity contribution in [3.8, 4) is 0 Å². The molecule has 4 heteroatoms. The molecule has 2 aromatic carbocycles. The molecule has 3 rings (SSSR count). The summed E-state index contributed by atoms with van der Waals surface area (Å²) in [6, 6.07) is 15.0. The van der Waals surface area contributed by atoms with Gasteiger partial charge in [0, 0.05) is 17.2 Å². The van der Waals surface area contributed by atoms with E-state index in [1.165, 1.54) is 0 Å². The van der Waals surface area contributed by atoms with Gasteiger partial charge in [-0.3, -0.25) is 9.59 Å². The molecule has 2 amide bonds. The van der Waals surface area contributed by atoms with E-state index in [0.717, 1.165) is 24.0 Å². The second-order valence-corrected chi connectivity index (χ2v) is 6.40. The molecule has 1 aliphatic rings. The van der Waals surface area contributed by atoms with E-state index in [9.17, 15) is 9.59 Å². The number of carbonyl (C=O) groups excluding carboxylic acids is 2. The summed E-state index contributed by atoms with van der Waals surface area (Å²) in [5, 5.41) is 5.89. The van der Waals surface area contributed by atoms with Crippen LogP contribution in [0.5, 0.6) is 0 Å². The van der Waals surface area contributed by atoms with Crippen LogP contribution in [0, 0.1) is 12.8 Å². The fraction of sp³-hybridized carbons (Fsp3) is 0.300. The van der Waals surface area contributed by atoms with Crippen LogP contribution in [0.4, 0.5) is 5.69 Å². The van der Waals surface area contributed by atoms with Gasteiger partial charge in [-0.1, -0.05) is 30.3 Å². The van der Waals surface area contributed by atoms with Gasteiger partial charge in [0.1, 0.15) is 0 Å². The highest BCUT2D eigenvalue weighted by Gasteiger charge is 2.29. The third-order valence-corrected chi connectivity index (χ3v) is 4.34. The van der Waals surface area contributed by atoms with E-state index >= 15 is 0 Å². The minimum Gasteiger partial charge on any atom is -0.346 e. The first-order chi connectivity index (χ1) is 11.5. The van der Waals surface area contributed by atoms with Crippen molar-refractivity contribution in [2.75, 3.05) is 5.32 Å². The summed E-state index contributed by atoms with van der Waals surface area (Å²) in [7, 11) is 0. The Morgan fingerprint density at radius 3 is 2.54 bits per heavy atom. The minimum atomic E-state index is -0.145. The summed E-state index contributed by atoms with van der Waals surface area (Å²) in [4.78, 5) is 24.3. The van der Waals surface area contributed by atoms with Gasteiger partial charge in [0.2, 0.25) is 5.91 Å². The van der Waals surface area contributed by atoms with E-state index in [-0.39, 0.29) is 23.8 Å². The molecule has 0 spiro atoms. The average molecular weight is 322 g/mol. The zero-order valence-electron chi connectivity index (χ0n) is 14.0. The first-order valence-corrected chi connectivity index (χ1v) is 8.32. The standard InChI is InChI=1S/C20H22N2O2/c1-13-6-3-4-9-18(13)14(2)21-20(24)16-7-5-8-17(12-16)22-19(23)15-10-11-15/h3-9,12,14-15H,10-11H2,1-2H3,(H,21,24)(H,22,23). The fourth-order valence-electron chi connectivity index (χ4n) is 2.76. The lowest BCUT2D eigenvalue weighted by Crippen LogP contribution is -2.27. The molecule has 124 valence electrons. The quantitative estimate of drug-likeness (QED) is 0.879. The van der Waals surface area contributed by atoms with Gasteiger partial charge in [0.15, 0.2) is 0 Å². The number of carbonyl (C=O) groups is 2. The zero-order chi connectivity index (χ0) is 17.1. The molecule has 0 heterocycles. The number of benzene rings is 2. The third kappa shape index (κ3) is 3.82. The molecule has 1 aliphatic carbocycles. The van der Waals surface area contributed by atoms with E-state index in [2.05, 4.69) is 10.6 Å². The predicted molar refractivity (Wildman–Crippen MR) is 94.9 cm³/mol. The van der Waals surface area contributed by atoms with Gasteiger partial charge in [-0.15, -0.1) is 0 Å². The first-order valence-electron chi connectivity index (χ1n) is 8.32. The van der Waals surface area contributed by atoms with E-state index in [1.54, 1.807) is 18.2 Å². The summed E-state index contributed by atoms with van der Waals surface area (Å²) < 4.78 is 0. The molecule has 2 N–H and O–H groups in total. The lowest BCUT2D eigenvalue weighted by Gasteiger charge is -2.17. The molecule has 24 heavy (non-hydrogen) atoms. The monoisotopic (exact) mass is 322 g/mol. The van der Waals surface area contributed by atoms with Crippen LogP contribution in [0.2, 0.25) is 0 Å². The van der Waals surface area contributed by atoms with Gasteiger partial charge in [0.25, 0.3) is 5.91 Å². The van der Waals surface area contributed by atoms with Crippen molar-refractivity contribution in [3.05, 3.63) is 65.2 Å². The maximum Gasteiger partial charge on any atom is 0.251 e. The van der Waals surface area contributed by atoms with E-state index in [1.807, 2.05) is 44.2 Å². The van der Waals surface area contributed by atoms with Crippen molar-refractivity contribution in [2.24, 2.45) is 5.92 Å². The second-order valence-electron chi connectivity index (χ2n) is 6.40. The summed E-state index contributed by atoms with van der Waals surface area (Å²) in [6.07, 6.45) is 1.92. The van der Waals surface area contributed by atoms with Crippen LogP contribution in [0.1, 0.15) is 47.3 Å². The van der Waals surface area contributed by atoms with Crippen LogP contribution in [-0.2, 0) is 4.79 Å². The molecule has 4 nitrogen and oxygen atoms in total. The Morgan fingerprint density at radius 2 is 1.83 bits per heavy atom. The molecule has 0 saturated heterocycles. The van der Waals surface area contributed by atoms with Gasteiger partial charge in [0.05, 0.1) is 6.04 Å². The van der Waals surface area contributed by atoms with E-state index < -0.39 is 0 Å². The Bertz CT molecular complexity index is 766. The molecule has 1 atom stereocenters. The highest BCUT2D eigenvalue weighted by atomic mass is 16.2. The van der Waals surface area contributed by atoms with Crippen LogP contribution >= 0.6 is 0 Å². The minimum absolute atomic E-state index is 0.0424. The first kappa shape index (κ1) is 16.2. The van der Waals surface area contributed by atoms with Gasteiger partial charge in [-0.05, 0) is 56.0 Å². The lowest BCUT2D eigenvalue weighted by atomic mass is 10.0. The molecule has 2 aromatic rings. The Kier molecular flexibility index (Phi) is 4.65. The van der Waals surface area contributed by atoms with Crippen LogP contribution in [0.15, 0.2) is 48.5 Å². The molecule has 0 aromatic heterocycles. The third-order valence-electron chi connectivity index (χ3n) is 4.34. The largest absolute Gasteiger partial charge is 0.346 e. The van der Waals surface area contributed by atoms with Crippen molar-refractivity contribution < 1.29 is 9.59 Å². The summed E-state index contributed by atoms with van der Waals surface area (Å²) in [5.74, 6) is 0.0395. The molecular weight excluding hydrogens is 300 g/mol. The Hall–Kier alpha value is -2.62. The van der Waals surface area contributed by atoms with Gasteiger partial charge < -0.3 is 10.6 Å². The highest BCUT2D eigenvalue weighted by Crippen LogP contribution is 2.30. The average Bonchev–Trinajstić information content (AvgIpc) is 3.40. The number of hydrogen-bond donors (Lipinski definition) is 2. The number of nitrogens with one attached hydrogen (secondary N) is 2. The van der Waals surface area contributed by atoms with E-state index in [4.69, 9.17) is 0 Å². The summed E-state index contributed by atoms with van der Waals surface area (Å²) in [5.41, 5.74) is 3.46. The summed E-state index contributed by atoms with van der Waals surface area (Å²) in [6.45, 7) is 4.00. The SMILES string of the molecule is Cc1ccccc1C(C)NC(=O)c1cccc(NC(=O)C2CC2)c1. The molecule has 0 radical (unpaired) electrons. The van der Waals surface area contributed by atoms with Crippen molar-refractivity contribution >= 4 is 17.5 Å². The van der Waals surface area contributed by atoms with Crippen LogP contribution in [0.3, 0.4) is 0 Å². The summed E-state index contributed by atoms with van der Waals surface area (Å²) >= 11 is 0. The smallest absolute Gasteiger partial charge is 0.251 e. The molecule has 0 aliphatic heterocycles. The van der Waals surface area contributed by atoms with Gasteiger partial charge in [-0.25, -0.2) is 0 Å². The topological polar surface area (TPSA) is 58.2 Å². The number of anilines is 1. The Labute approximate surface area is 142 Å². The van der Waals surface area contributed by atoms with Gasteiger partial charge in [-0.2, -0.15) is 0 Å². The normalized spacial score (nSPS) is 14.8. The maximum atomic E-state index is 12.5. The Morgan fingerprint density at radius 1 is 1.08 bits per heavy atom.